The third-order valence-corrected chi connectivity index (χ3v) is 5.11. The molecule has 1 aliphatic rings. The predicted octanol–water partition coefficient (Wildman–Crippen LogP) is 5.42. The number of hydrogen-bond acceptors (Lipinski definition) is 2. The summed E-state index contributed by atoms with van der Waals surface area (Å²) in [4.78, 5) is 26.5. The fraction of sp³-hybridized carbons (Fsp3) is 0.217. The van der Waals surface area contributed by atoms with Crippen LogP contribution in [-0.2, 0) is 4.79 Å². The lowest BCUT2D eigenvalue weighted by molar-refractivity contribution is -0.114. The lowest BCUT2D eigenvalue weighted by atomic mass is 9.77. The minimum absolute atomic E-state index is 0.0501. The summed E-state index contributed by atoms with van der Waals surface area (Å²) in [5.74, 6) is 0.221. The summed E-state index contributed by atoms with van der Waals surface area (Å²) in [5, 5.41) is 1.00. The highest BCUT2D eigenvalue weighted by Gasteiger charge is 2.26. The van der Waals surface area contributed by atoms with Crippen LogP contribution >= 0.6 is 0 Å². The van der Waals surface area contributed by atoms with Gasteiger partial charge in [0.2, 0.25) is 0 Å². The first kappa shape index (κ1) is 16.5. The molecule has 0 bridgehead atoms. The molecule has 0 fully saturated rings. The lowest BCUT2D eigenvalue weighted by Crippen LogP contribution is -2.19. The molecule has 1 aromatic heterocycles. The lowest BCUT2D eigenvalue weighted by Gasteiger charge is -2.26. The van der Waals surface area contributed by atoms with Crippen LogP contribution in [0.15, 0.2) is 54.6 Å². The van der Waals surface area contributed by atoms with E-state index in [4.69, 9.17) is 0 Å². The Labute approximate surface area is 152 Å². The van der Waals surface area contributed by atoms with Crippen molar-refractivity contribution in [1.29, 1.82) is 0 Å². The van der Waals surface area contributed by atoms with Gasteiger partial charge < -0.3 is 4.98 Å². The molecule has 0 amide bonds. The van der Waals surface area contributed by atoms with Gasteiger partial charge in [-0.1, -0.05) is 44.2 Å². The van der Waals surface area contributed by atoms with E-state index < -0.39 is 0 Å². The molecule has 0 aliphatic heterocycles. The summed E-state index contributed by atoms with van der Waals surface area (Å²) in [7, 11) is 0. The first-order valence-electron chi connectivity index (χ1n) is 8.90. The summed E-state index contributed by atoms with van der Waals surface area (Å²) in [6.07, 6.45) is 4.44. The maximum atomic E-state index is 12.4. The van der Waals surface area contributed by atoms with E-state index in [0.717, 1.165) is 45.9 Å². The van der Waals surface area contributed by atoms with Gasteiger partial charge in [0.1, 0.15) is 0 Å². The number of carbonyl (C=O) groups is 2. The van der Waals surface area contributed by atoms with E-state index in [-0.39, 0.29) is 11.2 Å². The molecule has 3 nitrogen and oxygen atoms in total. The highest BCUT2D eigenvalue weighted by Crippen LogP contribution is 2.36. The Bertz CT molecular complexity index is 1050. The average molecular weight is 343 g/mol. The zero-order valence-electron chi connectivity index (χ0n) is 15.0. The Morgan fingerprint density at radius 2 is 1.77 bits per heavy atom. The van der Waals surface area contributed by atoms with Crippen molar-refractivity contribution >= 4 is 28.5 Å². The number of fused-ring (bicyclic) bond motifs is 1. The third kappa shape index (κ3) is 3.01. The van der Waals surface area contributed by atoms with E-state index in [2.05, 4.69) is 43.1 Å². The molecule has 0 atom stereocenters. The maximum Gasteiger partial charge on any atom is 0.166 e. The second kappa shape index (κ2) is 6.10. The smallest absolute Gasteiger partial charge is 0.166 e. The summed E-state index contributed by atoms with van der Waals surface area (Å²) in [6, 6.07) is 16.1. The van der Waals surface area contributed by atoms with Gasteiger partial charge in [-0.05, 0) is 52.8 Å². The molecule has 2 aromatic carbocycles. The normalized spacial score (nSPS) is 16.5. The SMILES string of the molecule is CC1(C)C=C(c2cccc(-c3ccc4[nH]c(C=O)cc4c3)c2)C(=O)CC1. The van der Waals surface area contributed by atoms with Gasteiger partial charge in [0, 0.05) is 22.9 Å². The zero-order chi connectivity index (χ0) is 18.3. The summed E-state index contributed by atoms with van der Waals surface area (Å²) in [6.45, 7) is 4.35. The zero-order valence-corrected chi connectivity index (χ0v) is 15.0. The fourth-order valence-electron chi connectivity index (χ4n) is 3.62. The summed E-state index contributed by atoms with van der Waals surface area (Å²) >= 11 is 0. The Hall–Kier alpha value is -2.94. The minimum atomic E-state index is 0.0501. The number of carbonyl (C=O) groups excluding carboxylic acids is 2. The van der Waals surface area contributed by atoms with Crippen molar-refractivity contribution in [3.8, 4) is 11.1 Å². The van der Waals surface area contributed by atoms with Crippen LogP contribution in [0.3, 0.4) is 0 Å². The molecule has 1 heterocycles. The molecule has 26 heavy (non-hydrogen) atoms. The Morgan fingerprint density at radius 3 is 2.58 bits per heavy atom. The molecule has 4 rings (SSSR count). The highest BCUT2D eigenvalue weighted by atomic mass is 16.1. The van der Waals surface area contributed by atoms with Crippen molar-refractivity contribution in [1.82, 2.24) is 4.98 Å². The van der Waals surface area contributed by atoms with Crippen LogP contribution in [0.4, 0.5) is 0 Å². The molecular weight excluding hydrogens is 322 g/mol. The van der Waals surface area contributed by atoms with Crippen molar-refractivity contribution in [2.45, 2.75) is 26.7 Å². The summed E-state index contributed by atoms with van der Waals surface area (Å²) in [5.41, 5.74) is 5.51. The molecule has 0 saturated carbocycles. The topological polar surface area (TPSA) is 49.9 Å². The molecule has 0 spiro atoms. The van der Waals surface area contributed by atoms with Crippen LogP contribution < -0.4 is 0 Å². The van der Waals surface area contributed by atoms with Gasteiger partial charge in [-0.3, -0.25) is 9.59 Å². The number of aldehydes is 1. The van der Waals surface area contributed by atoms with Crippen LogP contribution in [-0.4, -0.2) is 17.1 Å². The van der Waals surface area contributed by atoms with Crippen LogP contribution in [0.5, 0.6) is 0 Å². The van der Waals surface area contributed by atoms with Crippen LogP contribution in [0.1, 0.15) is 42.7 Å². The first-order chi connectivity index (χ1) is 12.4. The number of aromatic amines is 1. The number of benzene rings is 2. The van der Waals surface area contributed by atoms with E-state index in [1.807, 2.05) is 30.3 Å². The van der Waals surface area contributed by atoms with Crippen molar-refractivity contribution in [3.05, 3.63) is 65.9 Å². The number of ketones is 1. The van der Waals surface area contributed by atoms with Crippen LogP contribution in [0.25, 0.3) is 27.6 Å². The minimum Gasteiger partial charge on any atom is -0.352 e. The fourth-order valence-corrected chi connectivity index (χ4v) is 3.62. The van der Waals surface area contributed by atoms with Gasteiger partial charge in [0.25, 0.3) is 0 Å². The number of hydrogen-bond donors (Lipinski definition) is 1. The van der Waals surface area contributed by atoms with Gasteiger partial charge in [-0.25, -0.2) is 0 Å². The van der Waals surface area contributed by atoms with Crippen LogP contribution in [0.2, 0.25) is 0 Å². The maximum absolute atomic E-state index is 12.4. The number of H-pyrrole nitrogens is 1. The predicted molar refractivity (Wildman–Crippen MR) is 105 cm³/mol. The van der Waals surface area contributed by atoms with Crippen LogP contribution in [0, 0.1) is 5.41 Å². The molecule has 1 N–H and O–H groups in total. The first-order valence-corrected chi connectivity index (χ1v) is 8.90. The Balaban J connectivity index is 1.77. The van der Waals surface area contributed by atoms with Gasteiger partial charge in [0.05, 0.1) is 5.69 Å². The molecule has 0 saturated heterocycles. The highest BCUT2D eigenvalue weighted by molar-refractivity contribution is 6.21. The van der Waals surface area contributed by atoms with E-state index in [1.54, 1.807) is 0 Å². The molecule has 0 radical (unpaired) electrons. The van der Waals surface area contributed by atoms with Crippen molar-refractivity contribution in [2.75, 3.05) is 0 Å². The third-order valence-electron chi connectivity index (χ3n) is 5.11. The number of Topliss-reactive ketones (excluding diaryl/α,β-unsaturated/α-hetero) is 1. The number of nitrogens with one attached hydrogen (secondary N) is 1. The van der Waals surface area contributed by atoms with Gasteiger partial charge in [-0.2, -0.15) is 0 Å². The molecular formula is C23H21NO2. The monoisotopic (exact) mass is 343 g/mol. The van der Waals surface area contributed by atoms with E-state index in [9.17, 15) is 9.59 Å². The Morgan fingerprint density at radius 1 is 1.00 bits per heavy atom. The van der Waals surface area contributed by atoms with E-state index in [1.165, 1.54) is 0 Å². The second-order valence-electron chi connectivity index (χ2n) is 7.70. The number of allylic oxidation sites excluding steroid dienone is 2. The van der Waals surface area contributed by atoms with Crippen molar-refractivity contribution in [2.24, 2.45) is 5.41 Å². The molecule has 3 heteroatoms. The average Bonchev–Trinajstić information content (AvgIpc) is 3.06. The van der Waals surface area contributed by atoms with Crippen molar-refractivity contribution < 1.29 is 9.59 Å². The standard InChI is InChI=1S/C23H21NO2/c1-23(2)9-8-22(26)20(13-23)17-5-3-4-15(10-17)16-6-7-21-18(11-16)12-19(14-25)24-21/h3-7,10-14,24H,8-9H2,1-2H3. The van der Waals surface area contributed by atoms with Gasteiger partial charge in [-0.15, -0.1) is 0 Å². The molecule has 0 unspecified atom stereocenters. The number of rotatable bonds is 3. The van der Waals surface area contributed by atoms with E-state index >= 15 is 0 Å². The number of aromatic nitrogens is 1. The Kier molecular flexibility index (Phi) is 3.87. The quantitative estimate of drug-likeness (QED) is 0.646. The molecule has 130 valence electrons. The van der Waals surface area contributed by atoms with Gasteiger partial charge in [0.15, 0.2) is 12.1 Å². The van der Waals surface area contributed by atoms with E-state index in [0.29, 0.717) is 12.1 Å². The largest absolute Gasteiger partial charge is 0.352 e. The van der Waals surface area contributed by atoms with Crippen molar-refractivity contribution in [3.63, 3.8) is 0 Å². The van der Waals surface area contributed by atoms with Gasteiger partial charge >= 0.3 is 0 Å². The molecule has 1 aliphatic carbocycles. The summed E-state index contributed by atoms with van der Waals surface area (Å²) < 4.78 is 0. The second-order valence-corrected chi connectivity index (χ2v) is 7.70. The molecule has 3 aromatic rings.